The number of rotatable bonds is 4. The summed E-state index contributed by atoms with van der Waals surface area (Å²) in [5, 5.41) is 8.86. The number of hydrogen-bond acceptors (Lipinski definition) is 4. The Labute approximate surface area is 121 Å². The van der Waals surface area contributed by atoms with Gasteiger partial charge in [-0.05, 0) is 53.1 Å². The molecule has 0 radical (unpaired) electrons. The standard InChI is InChI=1S/C14H27N3O3/c1-5-11(17-13(19)20-14(2,3)4)12(18)16-10-6-8-15-9-7-10/h10-11,15H,5-9H2,1-4H3,(H,16,18)(H,17,19)/t11-/m1/s1. The molecule has 1 atom stereocenters. The first-order valence-corrected chi connectivity index (χ1v) is 7.32. The van der Waals surface area contributed by atoms with Crippen molar-refractivity contribution in [3.8, 4) is 0 Å². The number of carbonyl (C=O) groups excluding carboxylic acids is 2. The molecule has 0 saturated carbocycles. The van der Waals surface area contributed by atoms with Crippen LogP contribution in [0.1, 0.15) is 47.0 Å². The zero-order valence-corrected chi connectivity index (χ0v) is 12.9. The highest BCUT2D eigenvalue weighted by Gasteiger charge is 2.25. The molecule has 1 fully saturated rings. The minimum atomic E-state index is -0.562. The highest BCUT2D eigenvalue weighted by molar-refractivity contribution is 5.85. The Balaban J connectivity index is 2.43. The number of amides is 2. The van der Waals surface area contributed by atoms with Crippen LogP contribution in [-0.4, -0.2) is 42.8 Å². The van der Waals surface area contributed by atoms with E-state index in [1.54, 1.807) is 20.8 Å². The van der Waals surface area contributed by atoms with Crippen molar-refractivity contribution >= 4 is 12.0 Å². The van der Waals surface area contributed by atoms with Gasteiger partial charge in [-0.25, -0.2) is 4.79 Å². The van der Waals surface area contributed by atoms with Gasteiger partial charge in [-0.1, -0.05) is 6.92 Å². The molecule has 6 nitrogen and oxygen atoms in total. The molecule has 0 aliphatic carbocycles. The predicted octanol–water partition coefficient (Wildman–Crippen LogP) is 1.16. The van der Waals surface area contributed by atoms with Crippen molar-refractivity contribution in [3.05, 3.63) is 0 Å². The Morgan fingerprint density at radius 3 is 2.40 bits per heavy atom. The van der Waals surface area contributed by atoms with Gasteiger partial charge in [0, 0.05) is 6.04 Å². The Hall–Kier alpha value is -1.30. The van der Waals surface area contributed by atoms with E-state index >= 15 is 0 Å². The summed E-state index contributed by atoms with van der Waals surface area (Å²) in [6.07, 6.45) is 1.84. The van der Waals surface area contributed by atoms with Gasteiger partial charge in [-0.3, -0.25) is 4.79 Å². The molecule has 1 rings (SSSR count). The summed E-state index contributed by atoms with van der Waals surface area (Å²) >= 11 is 0. The molecule has 1 heterocycles. The van der Waals surface area contributed by atoms with E-state index in [0.29, 0.717) is 6.42 Å². The first-order chi connectivity index (χ1) is 9.31. The van der Waals surface area contributed by atoms with E-state index in [9.17, 15) is 9.59 Å². The quantitative estimate of drug-likeness (QED) is 0.724. The van der Waals surface area contributed by atoms with Gasteiger partial charge in [0.25, 0.3) is 0 Å². The van der Waals surface area contributed by atoms with E-state index in [2.05, 4.69) is 16.0 Å². The third-order valence-electron chi connectivity index (χ3n) is 3.10. The largest absolute Gasteiger partial charge is 0.444 e. The Morgan fingerprint density at radius 1 is 1.30 bits per heavy atom. The average molecular weight is 285 g/mol. The van der Waals surface area contributed by atoms with Crippen LogP contribution in [-0.2, 0) is 9.53 Å². The van der Waals surface area contributed by atoms with Gasteiger partial charge in [0.2, 0.25) is 5.91 Å². The molecule has 6 heteroatoms. The molecular weight excluding hydrogens is 258 g/mol. The van der Waals surface area contributed by atoms with Crippen LogP contribution in [0.2, 0.25) is 0 Å². The lowest BCUT2D eigenvalue weighted by atomic mass is 10.1. The number of alkyl carbamates (subject to hydrolysis) is 1. The Kier molecular flexibility index (Phi) is 6.26. The minimum absolute atomic E-state index is 0.134. The Bertz CT molecular complexity index is 333. The number of nitrogens with one attached hydrogen (secondary N) is 3. The summed E-state index contributed by atoms with van der Waals surface area (Å²) in [7, 11) is 0. The van der Waals surface area contributed by atoms with Crippen LogP contribution in [0.4, 0.5) is 4.79 Å². The molecule has 1 aliphatic heterocycles. The van der Waals surface area contributed by atoms with Crippen LogP contribution >= 0.6 is 0 Å². The lowest BCUT2D eigenvalue weighted by Gasteiger charge is -2.27. The van der Waals surface area contributed by atoms with Crippen molar-refractivity contribution in [2.45, 2.75) is 64.6 Å². The van der Waals surface area contributed by atoms with Gasteiger partial charge in [-0.15, -0.1) is 0 Å². The van der Waals surface area contributed by atoms with Gasteiger partial charge in [0.05, 0.1) is 0 Å². The van der Waals surface area contributed by atoms with Gasteiger partial charge in [0.1, 0.15) is 11.6 Å². The van der Waals surface area contributed by atoms with Gasteiger partial charge < -0.3 is 20.7 Å². The predicted molar refractivity (Wildman–Crippen MR) is 77.5 cm³/mol. The lowest BCUT2D eigenvalue weighted by Crippen LogP contribution is -2.52. The SMILES string of the molecule is CC[C@@H](NC(=O)OC(C)(C)C)C(=O)NC1CCNCC1. The fraction of sp³-hybridized carbons (Fsp3) is 0.857. The summed E-state index contributed by atoms with van der Waals surface area (Å²) in [4.78, 5) is 23.8. The third-order valence-corrected chi connectivity index (χ3v) is 3.10. The number of piperidine rings is 1. The molecule has 2 amide bonds. The fourth-order valence-corrected chi connectivity index (χ4v) is 2.07. The molecule has 1 saturated heterocycles. The molecule has 0 spiro atoms. The lowest BCUT2D eigenvalue weighted by molar-refractivity contribution is -0.124. The van der Waals surface area contributed by atoms with E-state index in [-0.39, 0.29) is 11.9 Å². The summed E-state index contributed by atoms with van der Waals surface area (Å²) < 4.78 is 5.17. The molecule has 116 valence electrons. The molecular formula is C14H27N3O3. The molecule has 20 heavy (non-hydrogen) atoms. The smallest absolute Gasteiger partial charge is 0.408 e. The summed E-state index contributed by atoms with van der Waals surface area (Å²) in [5.74, 6) is -0.134. The zero-order valence-electron chi connectivity index (χ0n) is 12.9. The third kappa shape index (κ3) is 6.23. The van der Waals surface area contributed by atoms with Crippen LogP contribution in [0.3, 0.4) is 0 Å². The fourth-order valence-electron chi connectivity index (χ4n) is 2.07. The molecule has 0 aromatic carbocycles. The van der Waals surface area contributed by atoms with E-state index in [4.69, 9.17) is 4.74 Å². The molecule has 0 bridgehead atoms. The topological polar surface area (TPSA) is 79.5 Å². The van der Waals surface area contributed by atoms with Crippen molar-refractivity contribution in [1.29, 1.82) is 0 Å². The molecule has 3 N–H and O–H groups in total. The van der Waals surface area contributed by atoms with Crippen molar-refractivity contribution in [3.63, 3.8) is 0 Å². The van der Waals surface area contributed by atoms with E-state index in [1.807, 2.05) is 6.92 Å². The average Bonchev–Trinajstić information content (AvgIpc) is 2.35. The summed E-state index contributed by atoms with van der Waals surface area (Å²) in [6, 6.07) is -0.349. The summed E-state index contributed by atoms with van der Waals surface area (Å²) in [6.45, 7) is 9.08. The molecule has 0 unspecified atom stereocenters. The van der Waals surface area contributed by atoms with E-state index in [0.717, 1.165) is 25.9 Å². The Morgan fingerprint density at radius 2 is 1.90 bits per heavy atom. The van der Waals surface area contributed by atoms with Crippen molar-refractivity contribution in [2.75, 3.05) is 13.1 Å². The van der Waals surface area contributed by atoms with Gasteiger partial charge in [-0.2, -0.15) is 0 Å². The highest BCUT2D eigenvalue weighted by atomic mass is 16.6. The van der Waals surface area contributed by atoms with Crippen LogP contribution in [0, 0.1) is 0 Å². The number of hydrogen-bond donors (Lipinski definition) is 3. The number of ether oxygens (including phenoxy) is 1. The first-order valence-electron chi connectivity index (χ1n) is 7.32. The first kappa shape index (κ1) is 16.8. The van der Waals surface area contributed by atoms with Gasteiger partial charge in [0.15, 0.2) is 0 Å². The van der Waals surface area contributed by atoms with E-state index < -0.39 is 17.7 Å². The van der Waals surface area contributed by atoms with Crippen molar-refractivity contribution in [1.82, 2.24) is 16.0 Å². The van der Waals surface area contributed by atoms with Crippen molar-refractivity contribution in [2.24, 2.45) is 0 Å². The van der Waals surface area contributed by atoms with Crippen LogP contribution in [0.5, 0.6) is 0 Å². The maximum absolute atomic E-state index is 12.1. The second-order valence-electron chi connectivity index (χ2n) is 6.14. The molecule has 0 aromatic rings. The maximum atomic E-state index is 12.1. The molecule has 0 aromatic heterocycles. The zero-order chi connectivity index (χ0) is 15.2. The highest BCUT2D eigenvalue weighted by Crippen LogP contribution is 2.08. The molecule has 1 aliphatic rings. The normalized spacial score (nSPS) is 18.2. The number of carbonyl (C=O) groups is 2. The van der Waals surface area contributed by atoms with Crippen LogP contribution in [0.15, 0.2) is 0 Å². The van der Waals surface area contributed by atoms with E-state index in [1.165, 1.54) is 0 Å². The monoisotopic (exact) mass is 285 g/mol. The van der Waals surface area contributed by atoms with Gasteiger partial charge >= 0.3 is 6.09 Å². The second-order valence-corrected chi connectivity index (χ2v) is 6.14. The van der Waals surface area contributed by atoms with Crippen molar-refractivity contribution < 1.29 is 14.3 Å². The second kappa shape index (κ2) is 7.47. The van der Waals surface area contributed by atoms with Crippen LogP contribution in [0.25, 0.3) is 0 Å². The summed E-state index contributed by atoms with van der Waals surface area (Å²) in [5.41, 5.74) is -0.562. The maximum Gasteiger partial charge on any atom is 0.408 e. The van der Waals surface area contributed by atoms with Crippen LogP contribution < -0.4 is 16.0 Å². The minimum Gasteiger partial charge on any atom is -0.444 e.